The van der Waals surface area contributed by atoms with Crippen molar-refractivity contribution in [3.05, 3.63) is 188 Å². The van der Waals surface area contributed by atoms with Crippen LogP contribution in [0.1, 0.15) is 0 Å². The molecule has 0 spiro atoms. The summed E-state index contributed by atoms with van der Waals surface area (Å²) in [7, 11) is 0. The van der Waals surface area contributed by atoms with Gasteiger partial charge < -0.3 is 8.83 Å². The summed E-state index contributed by atoms with van der Waals surface area (Å²) in [5.74, 6) is 1.80. The molecule has 5 heteroatoms. The van der Waals surface area contributed by atoms with E-state index in [4.69, 9.17) is 23.8 Å². The molecule has 0 aliphatic carbocycles. The van der Waals surface area contributed by atoms with Crippen LogP contribution < -0.4 is 0 Å². The predicted octanol–water partition coefficient (Wildman–Crippen LogP) is 13.7. The summed E-state index contributed by atoms with van der Waals surface area (Å²) in [6.45, 7) is 0. The molecule has 0 saturated carbocycles. The fraction of sp³-hybridized carbons (Fsp3) is 0. The van der Waals surface area contributed by atoms with E-state index in [9.17, 15) is 0 Å². The lowest BCUT2D eigenvalue weighted by Gasteiger charge is -2.10. The quantitative estimate of drug-likeness (QED) is 0.171. The Morgan fingerprint density at radius 2 is 0.839 bits per heavy atom. The Morgan fingerprint density at radius 3 is 1.57 bits per heavy atom. The van der Waals surface area contributed by atoms with Crippen LogP contribution in [0.2, 0.25) is 0 Å². The van der Waals surface area contributed by atoms with Crippen LogP contribution in [0, 0.1) is 0 Å². The Labute approximate surface area is 322 Å². The highest BCUT2D eigenvalue weighted by molar-refractivity contribution is 6.16. The number of hydrogen-bond donors (Lipinski definition) is 0. The molecular formula is C51H31N3O2. The molecule has 0 saturated heterocycles. The number of para-hydroxylation sites is 1. The third-order valence-corrected chi connectivity index (χ3v) is 10.5. The number of fused-ring (bicyclic) bond motifs is 6. The van der Waals surface area contributed by atoms with Gasteiger partial charge in [-0.15, -0.1) is 0 Å². The first kappa shape index (κ1) is 31.9. The summed E-state index contributed by atoms with van der Waals surface area (Å²) in [5, 5.41) is 4.25. The van der Waals surface area contributed by atoms with E-state index in [1.54, 1.807) is 0 Å². The molecule has 0 amide bonds. The van der Waals surface area contributed by atoms with Gasteiger partial charge in [0.25, 0.3) is 0 Å². The lowest BCUT2D eigenvalue weighted by atomic mass is 9.93. The van der Waals surface area contributed by atoms with Gasteiger partial charge in [0.15, 0.2) is 17.5 Å². The molecule has 0 aliphatic heterocycles. The minimum atomic E-state index is 0.577. The minimum Gasteiger partial charge on any atom is -0.456 e. The van der Waals surface area contributed by atoms with Gasteiger partial charge in [-0.3, -0.25) is 0 Å². The fourth-order valence-electron chi connectivity index (χ4n) is 7.81. The number of benzene rings is 8. The fourth-order valence-corrected chi connectivity index (χ4v) is 7.81. The molecule has 8 aromatic carbocycles. The van der Waals surface area contributed by atoms with Gasteiger partial charge in [-0.25, -0.2) is 15.0 Å². The van der Waals surface area contributed by atoms with Crippen molar-refractivity contribution in [3.63, 3.8) is 0 Å². The third-order valence-electron chi connectivity index (χ3n) is 10.5. The molecule has 0 aliphatic rings. The lowest BCUT2D eigenvalue weighted by molar-refractivity contribution is 0.669. The molecule has 56 heavy (non-hydrogen) atoms. The van der Waals surface area contributed by atoms with Crippen molar-refractivity contribution in [2.24, 2.45) is 0 Å². The number of aromatic nitrogens is 3. The van der Waals surface area contributed by atoms with Crippen LogP contribution in [0.4, 0.5) is 0 Å². The molecule has 11 rings (SSSR count). The van der Waals surface area contributed by atoms with Gasteiger partial charge in [-0.1, -0.05) is 152 Å². The van der Waals surface area contributed by atoms with Gasteiger partial charge in [0, 0.05) is 43.8 Å². The van der Waals surface area contributed by atoms with Crippen molar-refractivity contribution in [1.82, 2.24) is 15.0 Å². The zero-order chi connectivity index (χ0) is 37.0. The first-order valence-electron chi connectivity index (χ1n) is 18.7. The summed E-state index contributed by atoms with van der Waals surface area (Å²) >= 11 is 0. The Bertz CT molecular complexity index is 3220. The van der Waals surface area contributed by atoms with E-state index >= 15 is 0 Å². The Kier molecular flexibility index (Phi) is 7.42. The molecule has 0 fully saturated rings. The van der Waals surface area contributed by atoms with Crippen molar-refractivity contribution < 1.29 is 8.83 Å². The van der Waals surface area contributed by atoms with Gasteiger partial charge in [-0.05, 0) is 64.2 Å². The maximum Gasteiger partial charge on any atom is 0.164 e. The van der Waals surface area contributed by atoms with E-state index in [-0.39, 0.29) is 0 Å². The van der Waals surface area contributed by atoms with E-state index in [1.807, 2.05) is 66.7 Å². The topological polar surface area (TPSA) is 65.0 Å². The average Bonchev–Trinajstić information content (AvgIpc) is 3.85. The van der Waals surface area contributed by atoms with Crippen molar-refractivity contribution in [1.29, 1.82) is 0 Å². The smallest absolute Gasteiger partial charge is 0.164 e. The first-order chi connectivity index (χ1) is 27.7. The molecule has 0 atom stereocenters. The Hall–Kier alpha value is -7.63. The Balaban J connectivity index is 1.05. The normalized spacial score (nSPS) is 11.6. The highest BCUT2D eigenvalue weighted by Crippen LogP contribution is 2.43. The van der Waals surface area contributed by atoms with Gasteiger partial charge in [0.1, 0.15) is 22.3 Å². The van der Waals surface area contributed by atoms with Crippen LogP contribution in [0.25, 0.3) is 111 Å². The minimum absolute atomic E-state index is 0.577. The maximum atomic E-state index is 6.63. The van der Waals surface area contributed by atoms with Crippen LogP contribution in [-0.4, -0.2) is 15.0 Å². The third kappa shape index (κ3) is 5.45. The molecule has 0 unspecified atom stereocenters. The maximum absolute atomic E-state index is 6.63. The Morgan fingerprint density at radius 1 is 0.286 bits per heavy atom. The van der Waals surface area contributed by atoms with E-state index < -0.39 is 0 Å². The number of hydrogen-bond acceptors (Lipinski definition) is 5. The van der Waals surface area contributed by atoms with Gasteiger partial charge in [0.2, 0.25) is 0 Å². The van der Waals surface area contributed by atoms with Crippen LogP contribution in [-0.2, 0) is 0 Å². The van der Waals surface area contributed by atoms with Crippen LogP contribution in [0.5, 0.6) is 0 Å². The highest BCUT2D eigenvalue weighted by atomic mass is 16.3. The van der Waals surface area contributed by atoms with Crippen LogP contribution in [0.3, 0.4) is 0 Å². The average molecular weight is 718 g/mol. The van der Waals surface area contributed by atoms with Gasteiger partial charge in [0.05, 0.1) is 0 Å². The molecule has 0 N–H and O–H groups in total. The molecule has 5 nitrogen and oxygen atoms in total. The van der Waals surface area contributed by atoms with E-state index in [2.05, 4.69) is 121 Å². The predicted molar refractivity (Wildman–Crippen MR) is 227 cm³/mol. The van der Waals surface area contributed by atoms with Crippen molar-refractivity contribution in [2.75, 3.05) is 0 Å². The summed E-state index contributed by atoms with van der Waals surface area (Å²) < 4.78 is 13.1. The van der Waals surface area contributed by atoms with E-state index in [1.165, 1.54) is 0 Å². The number of rotatable bonds is 6. The second-order valence-electron chi connectivity index (χ2n) is 14.0. The molecule has 262 valence electrons. The highest BCUT2D eigenvalue weighted by Gasteiger charge is 2.20. The molecule has 3 aromatic heterocycles. The molecule has 0 bridgehead atoms. The van der Waals surface area contributed by atoms with Gasteiger partial charge >= 0.3 is 0 Å². The van der Waals surface area contributed by atoms with Crippen molar-refractivity contribution >= 4 is 43.9 Å². The van der Waals surface area contributed by atoms with Crippen LogP contribution in [0.15, 0.2) is 197 Å². The second kappa shape index (κ2) is 13.0. The standard InChI is InChI=1S/C51H31N3O2/c1-4-13-32(14-5-1)33-23-25-36(26-24-33)50-52-49(35-17-8-3-9-18-35)53-51(54-50)37-27-28-41-46(31-37)55-45-22-12-20-39(47(41)45)38-29-42(34-15-6-2-7-16-34)48-43(30-38)40-19-10-11-21-44(40)56-48/h1-31H. The molecule has 11 aromatic rings. The van der Waals surface area contributed by atoms with Crippen molar-refractivity contribution in [3.8, 4) is 67.5 Å². The number of furan rings is 2. The monoisotopic (exact) mass is 717 g/mol. The summed E-state index contributed by atoms with van der Waals surface area (Å²) in [6, 6.07) is 64.5. The molecule has 0 radical (unpaired) electrons. The summed E-state index contributed by atoms with van der Waals surface area (Å²) in [5.41, 5.74) is 12.6. The lowest BCUT2D eigenvalue weighted by Crippen LogP contribution is -2.00. The van der Waals surface area contributed by atoms with Crippen molar-refractivity contribution in [2.45, 2.75) is 0 Å². The molecule has 3 heterocycles. The SMILES string of the molecule is c1ccc(-c2ccc(-c3nc(-c4ccccc4)nc(-c4ccc5c(c4)oc4cccc(-c6cc(-c7ccccc7)c7oc8ccccc8c7c6)c45)n3)cc2)cc1. The largest absolute Gasteiger partial charge is 0.456 e. The van der Waals surface area contributed by atoms with Gasteiger partial charge in [-0.2, -0.15) is 0 Å². The second-order valence-corrected chi connectivity index (χ2v) is 14.0. The number of nitrogens with zero attached hydrogens (tertiary/aromatic N) is 3. The zero-order valence-corrected chi connectivity index (χ0v) is 30.1. The summed E-state index contributed by atoms with van der Waals surface area (Å²) in [6.07, 6.45) is 0. The molecular weight excluding hydrogens is 687 g/mol. The first-order valence-corrected chi connectivity index (χ1v) is 18.7. The van der Waals surface area contributed by atoms with Crippen LogP contribution >= 0.6 is 0 Å². The van der Waals surface area contributed by atoms with E-state index in [0.29, 0.717) is 17.5 Å². The summed E-state index contributed by atoms with van der Waals surface area (Å²) in [4.78, 5) is 15.0. The van der Waals surface area contributed by atoms with E-state index in [0.717, 1.165) is 93.9 Å². The zero-order valence-electron chi connectivity index (χ0n) is 30.1.